The van der Waals surface area contributed by atoms with E-state index in [1.807, 2.05) is 12.1 Å². The Balaban J connectivity index is 1.20. The molecule has 0 radical (unpaired) electrons. The molecule has 5 nitrogen and oxygen atoms in total. The zero-order valence-corrected chi connectivity index (χ0v) is 31.3. The fourth-order valence-electron chi connectivity index (χ4n) is 8.89. The molecule has 58 heavy (non-hydrogen) atoms. The van der Waals surface area contributed by atoms with Crippen LogP contribution in [0.2, 0.25) is 0 Å². The third-order valence-corrected chi connectivity index (χ3v) is 11.5. The maximum Gasteiger partial charge on any atom is 0.238 e. The lowest BCUT2D eigenvalue weighted by atomic mass is 10.0. The number of benzene rings is 8. The van der Waals surface area contributed by atoms with Gasteiger partial charge in [-0.2, -0.15) is 9.97 Å². The summed E-state index contributed by atoms with van der Waals surface area (Å²) in [4.78, 5) is 16.1. The van der Waals surface area contributed by atoms with Crippen LogP contribution < -0.4 is 0 Å². The Morgan fingerprint density at radius 1 is 0.293 bits per heavy atom. The molecule has 4 aromatic heterocycles. The van der Waals surface area contributed by atoms with Crippen molar-refractivity contribution in [1.82, 2.24) is 23.9 Å². The lowest BCUT2D eigenvalue weighted by molar-refractivity contribution is 0.954. The monoisotopic (exact) mass is 739 g/mol. The molecule has 0 saturated heterocycles. The van der Waals surface area contributed by atoms with Crippen LogP contribution in [0.15, 0.2) is 200 Å². The summed E-state index contributed by atoms with van der Waals surface area (Å²) in [5.74, 6) is 1.78. The summed E-state index contributed by atoms with van der Waals surface area (Å²) in [6.07, 6.45) is 0. The van der Waals surface area contributed by atoms with E-state index in [9.17, 15) is 0 Å². The minimum absolute atomic E-state index is 0.564. The Morgan fingerprint density at radius 2 is 0.776 bits per heavy atom. The highest BCUT2D eigenvalue weighted by atomic mass is 15.2. The second-order valence-corrected chi connectivity index (χ2v) is 14.9. The van der Waals surface area contributed by atoms with E-state index < -0.39 is 0 Å². The molecular formula is C53H33N5. The Labute approximate surface area is 333 Å². The molecule has 0 bridgehead atoms. The Bertz CT molecular complexity index is 3460. The van der Waals surface area contributed by atoms with Gasteiger partial charge in [-0.1, -0.05) is 170 Å². The molecule has 0 atom stereocenters. The summed E-state index contributed by atoms with van der Waals surface area (Å²) in [5, 5.41) is 7.10. The van der Waals surface area contributed by atoms with Gasteiger partial charge in [-0.15, -0.1) is 0 Å². The van der Waals surface area contributed by atoms with Crippen molar-refractivity contribution in [2.75, 3.05) is 0 Å². The molecule has 4 heterocycles. The molecule has 0 aliphatic heterocycles. The molecule has 0 N–H and O–H groups in total. The number of nitrogens with zero attached hydrogens (tertiary/aromatic N) is 5. The van der Waals surface area contributed by atoms with Gasteiger partial charge in [0.05, 0.1) is 27.6 Å². The zero-order chi connectivity index (χ0) is 38.2. The van der Waals surface area contributed by atoms with E-state index in [4.69, 9.17) is 15.0 Å². The SMILES string of the molecule is c1ccc(-c2cccc(-c3nc(-c4cccc(-c5ccccc5)c4)nc(-n4c5ccccc5c5ccc6cc7c8ccccc8c8ccccc8n7c6c54)n3)c2)cc1. The minimum atomic E-state index is 0.564. The van der Waals surface area contributed by atoms with Crippen LogP contribution in [0.4, 0.5) is 0 Å². The van der Waals surface area contributed by atoms with E-state index >= 15 is 0 Å². The van der Waals surface area contributed by atoms with Crippen LogP contribution in [0.1, 0.15) is 0 Å². The number of para-hydroxylation sites is 2. The first kappa shape index (κ1) is 32.4. The van der Waals surface area contributed by atoms with Crippen LogP contribution in [0.3, 0.4) is 0 Å². The third-order valence-electron chi connectivity index (χ3n) is 11.5. The van der Waals surface area contributed by atoms with E-state index in [0.29, 0.717) is 17.6 Å². The summed E-state index contributed by atoms with van der Waals surface area (Å²) in [5.41, 5.74) is 11.8. The number of aromatic nitrogens is 5. The molecule has 0 spiro atoms. The number of pyridine rings is 1. The van der Waals surface area contributed by atoms with Crippen molar-refractivity contribution in [3.05, 3.63) is 200 Å². The maximum atomic E-state index is 5.40. The van der Waals surface area contributed by atoms with Gasteiger partial charge in [0.1, 0.15) is 0 Å². The van der Waals surface area contributed by atoms with Crippen molar-refractivity contribution in [3.63, 3.8) is 0 Å². The van der Waals surface area contributed by atoms with Crippen molar-refractivity contribution >= 4 is 59.9 Å². The summed E-state index contributed by atoms with van der Waals surface area (Å²) in [7, 11) is 0. The molecule has 0 aliphatic rings. The largest absolute Gasteiger partial charge is 0.307 e. The molecule has 0 saturated carbocycles. The predicted molar refractivity (Wildman–Crippen MR) is 239 cm³/mol. The van der Waals surface area contributed by atoms with Gasteiger partial charge < -0.3 is 4.40 Å². The zero-order valence-electron chi connectivity index (χ0n) is 31.3. The topological polar surface area (TPSA) is 48.0 Å². The Hall–Kier alpha value is -7.89. The van der Waals surface area contributed by atoms with Crippen LogP contribution in [-0.2, 0) is 0 Å². The number of fused-ring (bicyclic) bond motifs is 12. The normalized spacial score (nSPS) is 11.8. The fourth-order valence-corrected chi connectivity index (χ4v) is 8.89. The van der Waals surface area contributed by atoms with Gasteiger partial charge in [0.25, 0.3) is 0 Å². The quantitative estimate of drug-likeness (QED) is 0.165. The van der Waals surface area contributed by atoms with Crippen LogP contribution in [0.25, 0.3) is 111 Å². The van der Waals surface area contributed by atoms with Crippen molar-refractivity contribution < 1.29 is 0 Å². The lowest BCUT2D eigenvalue weighted by Crippen LogP contribution is -2.07. The smallest absolute Gasteiger partial charge is 0.238 e. The number of hydrogen-bond donors (Lipinski definition) is 0. The molecular weight excluding hydrogens is 707 g/mol. The standard InChI is InChI=1S/C53H33N5/c1-3-15-34(16-4-1)36-19-13-21-39(31-36)51-54-52(40-22-14-20-37(32-40)35-17-5-2-6-18-35)56-53(55-51)58-47-28-12-10-26-44(47)45-30-29-38-33-48-43-25-8-7-23-41(43)42-24-9-11-27-46(42)57(48)49(38)50(45)58/h1-33H. The minimum Gasteiger partial charge on any atom is -0.307 e. The molecule has 0 aliphatic carbocycles. The van der Waals surface area contributed by atoms with Gasteiger partial charge in [-0.3, -0.25) is 4.57 Å². The van der Waals surface area contributed by atoms with E-state index in [-0.39, 0.29) is 0 Å². The van der Waals surface area contributed by atoms with Gasteiger partial charge >= 0.3 is 0 Å². The van der Waals surface area contributed by atoms with Crippen LogP contribution in [0, 0.1) is 0 Å². The van der Waals surface area contributed by atoms with E-state index in [2.05, 4.69) is 197 Å². The molecule has 12 rings (SSSR count). The maximum absolute atomic E-state index is 5.40. The lowest BCUT2D eigenvalue weighted by Gasteiger charge is -2.14. The van der Waals surface area contributed by atoms with Crippen LogP contribution in [-0.4, -0.2) is 23.9 Å². The molecule has 0 unspecified atom stereocenters. The van der Waals surface area contributed by atoms with E-state index in [1.54, 1.807) is 0 Å². The summed E-state index contributed by atoms with van der Waals surface area (Å²) in [6.45, 7) is 0. The van der Waals surface area contributed by atoms with Crippen molar-refractivity contribution in [2.45, 2.75) is 0 Å². The van der Waals surface area contributed by atoms with E-state index in [0.717, 1.165) is 71.6 Å². The third kappa shape index (κ3) is 5.00. The van der Waals surface area contributed by atoms with Crippen molar-refractivity contribution in [2.24, 2.45) is 0 Å². The Morgan fingerprint density at radius 3 is 1.40 bits per heavy atom. The van der Waals surface area contributed by atoms with Crippen LogP contribution in [0.5, 0.6) is 0 Å². The molecule has 8 aromatic carbocycles. The predicted octanol–water partition coefficient (Wildman–Crippen LogP) is 13.3. The van der Waals surface area contributed by atoms with Gasteiger partial charge in [-0.05, 0) is 58.0 Å². The van der Waals surface area contributed by atoms with Gasteiger partial charge in [-0.25, -0.2) is 4.98 Å². The first-order valence-electron chi connectivity index (χ1n) is 19.6. The average Bonchev–Trinajstić information content (AvgIpc) is 3.87. The van der Waals surface area contributed by atoms with E-state index in [1.165, 1.54) is 21.7 Å². The molecule has 270 valence electrons. The molecule has 0 fully saturated rings. The molecule has 5 heteroatoms. The second-order valence-electron chi connectivity index (χ2n) is 14.9. The van der Waals surface area contributed by atoms with Gasteiger partial charge in [0.2, 0.25) is 5.95 Å². The highest BCUT2D eigenvalue weighted by Gasteiger charge is 2.23. The molecule has 12 aromatic rings. The van der Waals surface area contributed by atoms with Crippen molar-refractivity contribution in [1.29, 1.82) is 0 Å². The van der Waals surface area contributed by atoms with Crippen LogP contribution >= 0.6 is 0 Å². The van der Waals surface area contributed by atoms with Gasteiger partial charge in [0.15, 0.2) is 11.6 Å². The number of rotatable bonds is 5. The summed E-state index contributed by atoms with van der Waals surface area (Å²) >= 11 is 0. The molecule has 0 amide bonds. The highest BCUT2D eigenvalue weighted by Crippen LogP contribution is 2.41. The average molecular weight is 740 g/mol. The number of hydrogen-bond acceptors (Lipinski definition) is 3. The first-order chi connectivity index (χ1) is 28.8. The van der Waals surface area contributed by atoms with Gasteiger partial charge in [0, 0.05) is 38.1 Å². The van der Waals surface area contributed by atoms with Crippen molar-refractivity contribution in [3.8, 4) is 51.0 Å². The second kappa shape index (κ2) is 12.8. The Kier molecular flexibility index (Phi) is 7.16. The first-order valence-corrected chi connectivity index (χ1v) is 19.6. The highest BCUT2D eigenvalue weighted by molar-refractivity contribution is 6.22. The fraction of sp³-hybridized carbons (Fsp3) is 0. The summed E-state index contributed by atoms with van der Waals surface area (Å²) < 4.78 is 4.71. The summed E-state index contributed by atoms with van der Waals surface area (Å²) in [6, 6.07) is 70.8.